The molecule has 0 saturated carbocycles. The number of carbonyl (C=O) groups is 1. The van der Waals surface area contributed by atoms with E-state index in [2.05, 4.69) is 25.2 Å². The molecule has 3 N–H and O–H groups in total. The molecule has 0 saturated heterocycles. The van der Waals surface area contributed by atoms with Gasteiger partial charge in [0.25, 0.3) is 5.91 Å². The smallest absolute Gasteiger partial charge is 0.253 e. The van der Waals surface area contributed by atoms with E-state index in [1.807, 2.05) is 12.1 Å². The van der Waals surface area contributed by atoms with Gasteiger partial charge < -0.3 is 10.1 Å². The van der Waals surface area contributed by atoms with Gasteiger partial charge in [0, 0.05) is 5.56 Å². The number of hydrogen-bond donors (Lipinski definition) is 3. The van der Waals surface area contributed by atoms with E-state index < -0.39 is 15.9 Å². The summed E-state index contributed by atoms with van der Waals surface area (Å²) in [5.41, 5.74) is 0.825. The normalized spacial score (nSPS) is 11.3. The zero-order chi connectivity index (χ0) is 21.0. The number of ether oxygens (including phenoxy) is 1. The molecule has 0 fully saturated rings. The summed E-state index contributed by atoms with van der Waals surface area (Å²) in [6.07, 6.45) is 0. The van der Waals surface area contributed by atoms with Gasteiger partial charge in [-0.15, -0.1) is 0 Å². The maximum atomic E-state index is 12.5. The number of amides is 1. The van der Waals surface area contributed by atoms with Crippen molar-refractivity contribution in [3.8, 4) is 17.1 Å². The van der Waals surface area contributed by atoms with Crippen LogP contribution in [0.5, 0.6) is 5.75 Å². The summed E-state index contributed by atoms with van der Waals surface area (Å²) >= 11 is 6.05. The van der Waals surface area contributed by atoms with Gasteiger partial charge in [0.1, 0.15) is 11.6 Å². The Labute approximate surface area is 172 Å². The molecule has 11 heteroatoms. The second-order valence-electron chi connectivity index (χ2n) is 5.87. The Morgan fingerprint density at radius 3 is 2.59 bits per heavy atom. The van der Waals surface area contributed by atoms with Crippen LogP contribution in [0.2, 0.25) is 5.02 Å². The van der Waals surface area contributed by atoms with Crippen molar-refractivity contribution in [2.24, 2.45) is 0 Å². The lowest BCUT2D eigenvalue weighted by molar-refractivity contribution is 0.0950. The van der Waals surface area contributed by atoms with E-state index in [1.165, 1.54) is 25.2 Å². The van der Waals surface area contributed by atoms with E-state index >= 15 is 0 Å². The van der Waals surface area contributed by atoms with E-state index in [0.717, 1.165) is 11.3 Å². The number of H-pyrrole nitrogens is 1. The van der Waals surface area contributed by atoms with E-state index in [1.54, 1.807) is 19.2 Å². The minimum Gasteiger partial charge on any atom is -0.497 e. The average Bonchev–Trinajstić information content (AvgIpc) is 3.21. The largest absolute Gasteiger partial charge is 0.497 e. The maximum absolute atomic E-state index is 12.5. The molecule has 0 aliphatic heterocycles. The van der Waals surface area contributed by atoms with Gasteiger partial charge >= 0.3 is 0 Å². The molecule has 1 aromatic heterocycles. The minimum atomic E-state index is -3.70. The Balaban J connectivity index is 1.71. The van der Waals surface area contributed by atoms with Crippen molar-refractivity contribution in [3.05, 3.63) is 58.9 Å². The highest BCUT2D eigenvalue weighted by molar-refractivity contribution is 7.89. The standard InChI is InChI=1S/C18H18ClN5O4S/c1-20-29(26,27)13-7-8-15(19)14(9-13)18(25)21-10-16-22-17(24-23-16)11-3-5-12(28-2)6-4-11/h3-9,20H,10H2,1-2H3,(H,21,25)(H,22,23,24). The molecule has 0 unspecified atom stereocenters. The summed E-state index contributed by atoms with van der Waals surface area (Å²) in [6.45, 7) is 0.0569. The number of rotatable bonds is 7. The Bertz CT molecular complexity index is 1130. The summed E-state index contributed by atoms with van der Waals surface area (Å²) in [7, 11) is -0.829. The zero-order valence-corrected chi connectivity index (χ0v) is 17.1. The molecule has 0 aliphatic rings. The fourth-order valence-corrected chi connectivity index (χ4v) is 3.43. The van der Waals surface area contributed by atoms with Crippen molar-refractivity contribution in [1.29, 1.82) is 0 Å². The lowest BCUT2D eigenvalue weighted by Gasteiger charge is -2.08. The van der Waals surface area contributed by atoms with Crippen LogP contribution in [0.25, 0.3) is 11.4 Å². The molecule has 3 rings (SSSR count). The number of benzene rings is 2. The third kappa shape index (κ3) is 4.73. The molecule has 29 heavy (non-hydrogen) atoms. The number of nitrogens with one attached hydrogen (secondary N) is 3. The molecule has 0 radical (unpaired) electrons. The monoisotopic (exact) mass is 435 g/mol. The van der Waals surface area contributed by atoms with Crippen LogP contribution in [0.1, 0.15) is 16.2 Å². The van der Waals surface area contributed by atoms with Crippen molar-refractivity contribution in [1.82, 2.24) is 25.2 Å². The van der Waals surface area contributed by atoms with Crippen molar-refractivity contribution >= 4 is 27.5 Å². The summed E-state index contributed by atoms with van der Waals surface area (Å²) in [5, 5.41) is 9.66. The Hall–Kier alpha value is -2.95. The van der Waals surface area contributed by atoms with E-state index in [-0.39, 0.29) is 22.0 Å². The lowest BCUT2D eigenvalue weighted by atomic mass is 10.2. The van der Waals surface area contributed by atoms with E-state index in [0.29, 0.717) is 11.6 Å². The first kappa shape index (κ1) is 20.8. The van der Waals surface area contributed by atoms with Crippen LogP contribution in [-0.2, 0) is 16.6 Å². The van der Waals surface area contributed by atoms with Gasteiger partial charge in [-0.3, -0.25) is 9.89 Å². The number of halogens is 1. The van der Waals surface area contributed by atoms with Crippen LogP contribution in [0.4, 0.5) is 0 Å². The number of methoxy groups -OCH3 is 1. The fraction of sp³-hybridized carbons (Fsp3) is 0.167. The third-order valence-electron chi connectivity index (χ3n) is 4.06. The number of hydrogen-bond acceptors (Lipinski definition) is 6. The highest BCUT2D eigenvalue weighted by Gasteiger charge is 2.18. The second kappa shape index (κ2) is 8.60. The van der Waals surface area contributed by atoms with Gasteiger partial charge in [-0.25, -0.2) is 18.1 Å². The molecule has 1 heterocycles. The summed E-state index contributed by atoms with van der Waals surface area (Å²) in [4.78, 5) is 16.7. The van der Waals surface area contributed by atoms with Crippen molar-refractivity contribution in [3.63, 3.8) is 0 Å². The summed E-state index contributed by atoms with van der Waals surface area (Å²) < 4.78 is 31.2. The molecule has 0 atom stereocenters. The SMILES string of the molecule is CNS(=O)(=O)c1ccc(Cl)c(C(=O)NCc2nc(-c3ccc(OC)cc3)n[nH]2)c1. The number of aromatic amines is 1. The number of nitrogens with zero attached hydrogens (tertiary/aromatic N) is 2. The number of sulfonamides is 1. The predicted octanol–water partition coefficient (Wildman–Crippen LogP) is 1.97. The third-order valence-corrected chi connectivity index (χ3v) is 5.80. The molecular weight excluding hydrogens is 418 g/mol. The Morgan fingerprint density at radius 2 is 1.93 bits per heavy atom. The number of carbonyl (C=O) groups excluding carboxylic acids is 1. The van der Waals surface area contributed by atoms with Gasteiger partial charge in [-0.1, -0.05) is 11.6 Å². The molecule has 9 nitrogen and oxygen atoms in total. The van der Waals surface area contributed by atoms with Gasteiger partial charge in [-0.05, 0) is 49.5 Å². The van der Waals surface area contributed by atoms with Crippen LogP contribution < -0.4 is 14.8 Å². The van der Waals surface area contributed by atoms with Crippen LogP contribution in [0.15, 0.2) is 47.4 Å². The summed E-state index contributed by atoms with van der Waals surface area (Å²) in [5.74, 6) is 1.08. The molecule has 0 bridgehead atoms. The minimum absolute atomic E-state index is 0.0397. The van der Waals surface area contributed by atoms with Gasteiger partial charge in [0.05, 0.1) is 29.1 Å². The first-order valence-corrected chi connectivity index (χ1v) is 10.3. The van der Waals surface area contributed by atoms with Gasteiger partial charge in [0.2, 0.25) is 10.0 Å². The quantitative estimate of drug-likeness (QED) is 0.521. The Kier molecular flexibility index (Phi) is 6.16. The van der Waals surface area contributed by atoms with E-state index in [4.69, 9.17) is 16.3 Å². The highest BCUT2D eigenvalue weighted by atomic mass is 35.5. The molecule has 152 valence electrons. The lowest BCUT2D eigenvalue weighted by Crippen LogP contribution is -2.25. The van der Waals surface area contributed by atoms with Crippen LogP contribution in [0, 0.1) is 0 Å². The second-order valence-corrected chi connectivity index (χ2v) is 8.16. The van der Waals surface area contributed by atoms with E-state index in [9.17, 15) is 13.2 Å². The molecule has 1 amide bonds. The fourth-order valence-electron chi connectivity index (χ4n) is 2.47. The zero-order valence-electron chi connectivity index (χ0n) is 15.6. The van der Waals surface area contributed by atoms with Crippen molar-refractivity contribution < 1.29 is 17.9 Å². The van der Waals surface area contributed by atoms with Crippen molar-refractivity contribution in [2.75, 3.05) is 14.2 Å². The van der Waals surface area contributed by atoms with Gasteiger partial charge in [0.15, 0.2) is 5.82 Å². The summed E-state index contributed by atoms with van der Waals surface area (Å²) in [6, 6.07) is 11.1. The topological polar surface area (TPSA) is 126 Å². The molecular formula is C18H18ClN5O4S. The molecule has 0 aliphatic carbocycles. The average molecular weight is 436 g/mol. The molecule has 3 aromatic rings. The van der Waals surface area contributed by atoms with Crippen LogP contribution >= 0.6 is 11.6 Å². The highest BCUT2D eigenvalue weighted by Crippen LogP contribution is 2.21. The van der Waals surface area contributed by atoms with Crippen LogP contribution in [0.3, 0.4) is 0 Å². The van der Waals surface area contributed by atoms with Crippen molar-refractivity contribution in [2.45, 2.75) is 11.4 Å². The first-order valence-electron chi connectivity index (χ1n) is 8.41. The van der Waals surface area contributed by atoms with Gasteiger partial charge in [-0.2, -0.15) is 5.10 Å². The maximum Gasteiger partial charge on any atom is 0.253 e. The Morgan fingerprint density at radius 1 is 1.21 bits per heavy atom. The molecule has 0 spiro atoms. The number of aromatic nitrogens is 3. The first-order chi connectivity index (χ1) is 13.8. The van der Waals surface area contributed by atoms with Crippen LogP contribution in [-0.4, -0.2) is 43.7 Å². The molecule has 2 aromatic carbocycles. The predicted molar refractivity (Wildman–Crippen MR) is 107 cm³/mol.